The van der Waals surface area contributed by atoms with Crippen LogP contribution in [0.4, 0.5) is 24.5 Å². The van der Waals surface area contributed by atoms with Crippen LogP contribution in [0.25, 0.3) is 33.5 Å². The Labute approximate surface area is 208 Å². The minimum absolute atomic E-state index is 0.0407. The smallest absolute Gasteiger partial charge is 0.395 e. The van der Waals surface area contributed by atoms with E-state index in [1.807, 2.05) is 4.72 Å². The maximum Gasteiger partial charge on any atom is 0.472 e. The third-order valence-corrected chi connectivity index (χ3v) is 6.60. The number of para-hydroxylation sites is 1. The number of anilines is 2. The van der Waals surface area contributed by atoms with E-state index in [2.05, 4.69) is 15.3 Å². The first-order valence-corrected chi connectivity index (χ1v) is 12.4. The summed E-state index contributed by atoms with van der Waals surface area (Å²) in [6.45, 7) is 0.0572. The van der Waals surface area contributed by atoms with Gasteiger partial charge >= 0.3 is 16.5 Å². The second kappa shape index (κ2) is 9.10. The largest absolute Gasteiger partial charge is 0.472 e. The summed E-state index contributed by atoms with van der Waals surface area (Å²) in [7, 11) is -5.00. The Kier molecular flexibility index (Phi) is 6.06. The summed E-state index contributed by atoms with van der Waals surface area (Å²) in [5, 5.41) is 12.7. The predicted molar refractivity (Wildman–Crippen MR) is 131 cm³/mol. The quantitative estimate of drug-likeness (QED) is 0.236. The Morgan fingerprint density at radius 3 is 2.24 bits per heavy atom. The minimum atomic E-state index is -5.17. The number of hydrogen-bond donors (Lipinski definition) is 4. The van der Waals surface area contributed by atoms with E-state index < -0.39 is 16.5 Å². The van der Waals surface area contributed by atoms with Gasteiger partial charge in [-0.15, -0.1) is 4.72 Å². The van der Waals surface area contributed by atoms with Gasteiger partial charge in [0, 0.05) is 34.3 Å². The van der Waals surface area contributed by atoms with Crippen LogP contribution in [-0.2, 0) is 10.2 Å². The molecule has 0 saturated heterocycles. The standard InChI is InChI=1S/C24H18F3N5O4S/c25-24(26,27)32-37(35,36)31-16-8-4-3-7-15(16)23-29-18-10-9-17(28-11-12-33)20-19(18)21(30-23)13-5-1-2-6-14(13)22(20)34/h1-10,28,31-33H,11-12H2. The van der Waals surface area contributed by atoms with Crippen LogP contribution in [0.2, 0.25) is 0 Å². The molecule has 0 amide bonds. The van der Waals surface area contributed by atoms with Gasteiger partial charge in [0.1, 0.15) is 0 Å². The minimum Gasteiger partial charge on any atom is -0.395 e. The van der Waals surface area contributed by atoms with Gasteiger partial charge in [0.05, 0.1) is 29.1 Å². The Balaban J connectivity index is 1.71. The van der Waals surface area contributed by atoms with E-state index >= 15 is 0 Å². The second-order valence-corrected chi connectivity index (χ2v) is 9.47. The molecule has 1 aliphatic rings. The van der Waals surface area contributed by atoms with Crippen LogP contribution >= 0.6 is 0 Å². The molecule has 1 aromatic heterocycles. The Hall–Kier alpha value is -4.07. The highest BCUT2D eigenvalue weighted by molar-refractivity contribution is 7.90. The number of carbonyl (C=O) groups excluding carboxylic acids is 1. The molecule has 0 aliphatic heterocycles. The maximum atomic E-state index is 13.4. The van der Waals surface area contributed by atoms with Crippen molar-refractivity contribution in [2.75, 3.05) is 23.2 Å². The molecule has 13 heteroatoms. The summed E-state index contributed by atoms with van der Waals surface area (Å²) >= 11 is 0. The van der Waals surface area contributed by atoms with Gasteiger partial charge < -0.3 is 10.4 Å². The molecule has 1 heterocycles. The normalized spacial score (nSPS) is 12.9. The van der Waals surface area contributed by atoms with Gasteiger partial charge in [-0.2, -0.15) is 21.6 Å². The van der Waals surface area contributed by atoms with Crippen molar-refractivity contribution in [1.82, 2.24) is 14.7 Å². The molecule has 0 unspecified atom stereocenters. The lowest BCUT2D eigenvalue weighted by atomic mass is 9.85. The first kappa shape index (κ1) is 24.6. The number of alkyl halides is 3. The molecule has 0 bridgehead atoms. The Morgan fingerprint density at radius 1 is 0.865 bits per heavy atom. The van der Waals surface area contributed by atoms with Crippen LogP contribution in [-0.4, -0.2) is 48.7 Å². The van der Waals surface area contributed by atoms with Gasteiger partial charge in [-0.25, -0.2) is 9.97 Å². The molecule has 4 N–H and O–H groups in total. The molecule has 0 atom stereocenters. The number of hydrogen-bond acceptors (Lipinski definition) is 7. The van der Waals surface area contributed by atoms with Gasteiger partial charge in [-0.1, -0.05) is 36.4 Å². The van der Waals surface area contributed by atoms with E-state index in [-0.39, 0.29) is 36.0 Å². The lowest BCUT2D eigenvalue weighted by Crippen LogP contribution is -2.40. The van der Waals surface area contributed by atoms with E-state index in [4.69, 9.17) is 0 Å². The van der Waals surface area contributed by atoms with Crippen molar-refractivity contribution in [2.45, 2.75) is 6.30 Å². The van der Waals surface area contributed by atoms with Crippen molar-refractivity contribution < 1.29 is 31.5 Å². The van der Waals surface area contributed by atoms with Crippen LogP contribution in [0.3, 0.4) is 0 Å². The monoisotopic (exact) mass is 529 g/mol. The lowest BCUT2D eigenvalue weighted by Gasteiger charge is -2.22. The fraction of sp³-hybridized carbons (Fsp3) is 0.125. The number of nitrogens with one attached hydrogen (secondary N) is 3. The number of aliphatic hydroxyl groups excluding tert-OH is 1. The third-order valence-electron chi connectivity index (χ3n) is 5.61. The fourth-order valence-corrected chi connectivity index (χ4v) is 5.05. The van der Waals surface area contributed by atoms with Gasteiger partial charge in [0.25, 0.3) is 0 Å². The first-order valence-electron chi connectivity index (χ1n) is 10.9. The number of carbonyl (C=O) groups is 1. The SMILES string of the molecule is O=C1c2ccccc2-c2nc(-c3ccccc3NS(=O)(=O)NC(F)(F)F)nc3ccc(NCCO)c1c23. The van der Waals surface area contributed by atoms with Crippen LogP contribution in [0.15, 0.2) is 60.7 Å². The van der Waals surface area contributed by atoms with Crippen molar-refractivity contribution in [2.24, 2.45) is 0 Å². The molecule has 1 aliphatic carbocycles. The van der Waals surface area contributed by atoms with Gasteiger partial charge in [-0.05, 0) is 24.3 Å². The topological polar surface area (TPSA) is 133 Å². The summed E-state index contributed by atoms with van der Waals surface area (Å²) in [6, 6.07) is 15.9. The molecule has 5 rings (SSSR count). The zero-order valence-electron chi connectivity index (χ0n) is 18.8. The third kappa shape index (κ3) is 4.71. The molecule has 190 valence electrons. The van der Waals surface area contributed by atoms with Crippen molar-refractivity contribution in [3.63, 3.8) is 0 Å². The molecule has 4 aromatic rings. The number of halogens is 3. The van der Waals surface area contributed by atoms with E-state index in [9.17, 15) is 31.5 Å². The summed E-state index contributed by atoms with van der Waals surface area (Å²) in [4.78, 5) is 22.6. The second-order valence-electron chi connectivity index (χ2n) is 8.05. The summed E-state index contributed by atoms with van der Waals surface area (Å²) < 4.78 is 64.6. The Bertz CT molecular complexity index is 1660. The molecule has 0 radical (unpaired) electrons. The molecule has 3 aromatic carbocycles. The first-order chi connectivity index (χ1) is 17.6. The van der Waals surface area contributed by atoms with Crippen LogP contribution in [0, 0.1) is 0 Å². The predicted octanol–water partition coefficient (Wildman–Crippen LogP) is 3.68. The zero-order chi connectivity index (χ0) is 26.4. The Morgan fingerprint density at radius 2 is 1.54 bits per heavy atom. The molecule has 0 spiro atoms. The van der Waals surface area contributed by atoms with Crippen LogP contribution in [0.5, 0.6) is 0 Å². The number of nitrogens with zero attached hydrogens (tertiary/aromatic N) is 2. The molecule has 0 fully saturated rings. The van der Waals surface area contributed by atoms with Crippen LogP contribution in [0.1, 0.15) is 15.9 Å². The van der Waals surface area contributed by atoms with E-state index in [1.165, 1.54) is 18.2 Å². The van der Waals surface area contributed by atoms with Gasteiger partial charge in [-0.3, -0.25) is 9.52 Å². The van der Waals surface area contributed by atoms with Crippen molar-refractivity contribution >= 4 is 38.3 Å². The number of fused-ring (bicyclic) bond motifs is 2. The molecular formula is C24H18F3N5O4S. The highest BCUT2D eigenvalue weighted by Gasteiger charge is 2.35. The molecule has 0 saturated carbocycles. The van der Waals surface area contributed by atoms with Gasteiger partial charge in [0.15, 0.2) is 11.6 Å². The molecule has 9 nitrogen and oxygen atoms in total. The average molecular weight is 530 g/mol. The molecular weight excluding hydrogens is 511 g/mol. The number of ketones is 1. The van der Waals surface area contributed by atoms with Crippen molar-refractivity contribution in [1.29, 1.82) is 0 Å². The summed E-state index contributed by atoms with van der Waals surface area (Å²) in [5.74, 6) is -0.212. The van der Waals surface area contributed by atoms with E-state index in [0.29, 0.717) is 43.7 Å². The number of aromatic nitrogens is 2. The molecule has 37 heavy (non-hydrogen) atoms. The summed E-state index contributed by atoms with van der Waals surface area (Å²) in [6.07, 6.45) is -5.17. The highest BCUT2D eigenvalue weighted by atomic mass is 32.2. The van der Waals surface area contributed by atoms with Crippen molar-refractivity contribution in [3.05, 3.63) is 71.8 Å². The van der Waals surface area contributed by atoms with Crippen LogP contribution < -0.4 is 14.8 Å². The van der Waals surface area contributed by atoms with E-state index in [0.717, 1.165) is 0 Å². The van der Waals surface area contributed by atoms with E-state index in [1.54, 1.807) is 42.5 Å². The maximum absolute atomic E-state index is 13.4. The van der Waals surface area contributed by atoms with Crippen molar-refractivity contribution in [3.8, 4) is 22.6 Å². The summed E-state index contributed by atoms with van der Waals surface area (Å²) in [5.41, 5.74) is 2.48. The van der Waals surface area contributed by atoms with Gasteiger partial charge in [0.2, 0.25) is 0 Å². The number of benzene rings is 3. The number of aliphatic hydroxyl groups is 1. The highest BCUT2D eigenvalue weighted by Crippen LogP contribution is 2.42. The lowest BCUT2D eigenvalue weighted by molar-refractivity contribution is -0.137. The zero-order valence-corrected chi connectivity index (χ0v) is 19.6. The number of rotatable bonds is 7. The fourth-order valence-electron chi connectivity index (χ4n) is 4.23. The average Bonchev–Trinajstić information content (AvgIpc) is 2.84.